The highest BCUT2D eigenvalue weighted by molar-refractivity contribution is 5.78. The van der Waals surface area contributed by atoms with Crippen LogP contribution in [0.2, 0.25) is 0 Å². The number of amides is 1. The van der Waals surface area contributed by atoms with E-state index in [1.54, 1.807) is 12.0 Å². The average molecular weight is 235 g/mol. The van der Waals surface area contributed by atoms with Gasteiger partial charge in [-0.1, -0.05) is 12.1 Å². The van der Waals surface area contributed by atoms with Crippen LogP contribution in [-0.2, 0) is 16.0 Å². The first-order valence-electron chi connectivity index (χ1n) is 5.78. The van der Waals surface area contributed by atoms with E-state index in [9.17, 15) is 4.79 Å². The quantitative estimate of drug-likeness (QED) is 0.796. The van der Waals surface area contributed by atoms with Crippen LogP contribution in [0.5, 0.6) is 5.75 Å². The summed E-state index contributed by atoms with van der Waals surface area (Å²) in [5.41, 5.74) is 1.00. The Morgan fingerprint density at radius 1 is 1.41 bits per heavy atom. The molecule has 2 rings (SSSR count). The van der Waals surface area contributed by atoms with Crippen LogP contribution in [-0.4, -0.2) is 37.8 Å². The SMILES string of the molecule is COc1ccc(CC(=O)N2CCCOC2)cc1. The summed E-state index contributed by atoms with van der Waals surface area (Å²) >= 11 is 0. The molecule has 1 saturated heterocycles. The zero-order valence-electron chi connectivity index (χ0n) is 10.0. The van der Waals surface area contributed by atoms with Gasteiger partial charge in [-0.3, -0.25) is 4.79 Å². The zero-order valence-corrected chi connectivity index (χ0v) is 10.0. The summed E-state index contributed by atoms with van der Waals surface area (Å²) in [6.45, 7) is 1.98. The van der Waals surface area contributed by atoms with Gasteiger partial charge in [0.15, 0.2) is 0 Å². The minimum atomic E-state index is 0.120. The molecule has 1 aliphatic rings. The zero-order chi connectivity index (χ0) is 12.1. The highest BCUT2D eigenvalue weighted by atomic mass is 16.5. The van der Waals surface area contributed by atoms with Gasteiger partial charge in [0.05, 0.1) is 20.1 Å². The Morgan fingerprint density at radius 2 is 2.18 bits per heavy atom. The van der Waals surface area contributed by atoms with Crippen molar-refractivity contribution in [3.05, 3.63) is 29.8 Å². The molecule has 4 nitrogen and oxygen atoms in total. The number of methoxy groups -OCH3 is 1. The number of hydrogen-bond acceptors (Lipinski definition) is 3. The lowest BCUT2D eigenvalue weighted by atomic mass is 10.1. The molecule has 0 aliphatic carbocycles. The van der Waals surface area contributed by atoms with E-state index in [0.717, 1.165) is 30.9 Å². The van der Waals surface area contributed by atoms with Crippen molar-refractivity contribution in [3.8, 4) is 5.75 Å². The maximum Gasteiger partial charge on any atom is 0.228 e. The molecule has 0 unspecified atom stereocenters. The van der Waals surface area contributed by atoms with Crippen LogP contribution in [0.15, 0.2) is 24.3 Å². The molecule has 1 fully saturated rings. The number of benzene rings is 1. The number of hydrogen-bond donors (Lipinski definition) is 0. The summed E-state index contributed by atoms with van der Waals surface area (Å²) in [6.07, 6.45) is 1.35. The Hall–Kier alpha value is -1.55. The molecule has 0 aromatic heterocycles. The van der Waals surface area contributed by atoms with E-state index in [4.69, 9.17) is 9.47 Å². The van der Waals surface area contributed by atoms with E-state index in [2.05, 4.69) is 0 Å². The van der Waals surface area contributed by atoms with Gasteiger partial charge in [-0.05, 0) is 24.1 Å². The van der Waals surface area contributed by atoms with Crippen LogP contribution < -0.4 is 4.74 Å². The van der Waals surface area contributed by atoms with Crippen molar-refractivity contribution in [2.45, 2.75) is 12.8 Å². The lowest BCUT2D eigenvalue weighted by molar-refractivity contribution is -0.139. The highest BCUT2D eigenvalue weighted by Gasteiger charge is 2.16. The summed E-state index contributed by atoms with van der Waals surface area (Å²) in [5, 5.41) is 0. The highest BCUT2D eigenvalue weighted by Crippen LogP contribution is 2.13. The second kappa shape index (κ2) is 5.68. The first-order valence-corrected chi connectivity index (χ1v) is 5.78. The number of rotatable bonds is 3. The topological polar surface area (TPSA) is 38.8 Å². The minimum Gasteiger partial charge on any atom is -0.497 e. The van der Waals surface area contributed by atoms with E-state index in [-0.39, 0.29) is 5.91 Å². The second-order valence-electron chi connectivity index (χ2n) is 4.07. The molecule has 1 aromatic rings. The van der Waals surface area contributed by atoms with E-state index in [0.29, 0.717) is 13.2 Å². The molecule has 1 amide bonds. The normalized spacial score (nSPS) is 15.7. The Bertz CT molecular complexity index is 369. The fourth-order valence-corrected chi connectivity index (χ4v) is 1.82. The first kappa shape index (κ1) is 11.9. The fourth-order valence-electron chi connectivity index (χ4n) is 1.82. The standard InChI is InChI=1S/C13H17NO3/c1-16-12-5-3-11(4-6-12)9-13(15)14-7-2-8-17-10-14/h3-6H,2,7-10H2,1H3. The van der Waals surface area contributed by atoms with Crippen LogP contribution in [0, 0.1) is 0 Å². The molecule has 0 N–H and O–H groups in total. The van der Waals surface area contributed by atoms with Crippen molar-refractivity contribution in [3.63, 3.8) is 0 Å². The molecule has 0 saturated carbocycles. The van der Waals surface area contributed by atoms with Crippen molar-refractivity contribution in [1.29, 1.82) is 0 Å². The molecule has 0 bridgehead atoms. The summed E-state index contributed by atoms with van der Waals surface area (Å²) in [7, 11) is 1.63. The molecule has 4 heteroatoms. The molecular formula is C13H17NO3. The maximum atomic E-state index is 11.9. The lowest BCUT2D eigenvalue weighted by Crippen LogP contribution is -2.39. The molecule has 17 heavy (non-hydrogen) atoms. The molecule has 1 aromatic carbocycles. The Labute approximate surface area is 101 Å². The maximum absolute atomic E-state index is 11.9. The summed E-state index contributed by atoms with van der Waals surface area (Å²) in [5.74, 6) is 0.928. The predicted octanol–water partition coefficient (Wildman–Crippen LogP) is 1.44. The molecule has 1 aliphatic heterocycles. The summed E-state index contributed by atoms with van der Waals surface area (Å²) in [6, 6.07) is 7.58. The van der Waals surface area contributed by atoms with Crippen LogP contribution in [0.1, 0.15) is 12.0 Å². The van der Waals surface area contributed by atoms with Gasteiger partial charge in [0.25, 0.3) is 0 Å². The van der Waals surface area contributed by atoms with Crippen molar-refractivity contribution in [2.24, 2.45) is 0 Å². The fraction of sp³-hybridized carbons (Fsp3) is 0.462. The lowest BCUT2D eigenvalue weighted by Gasteiger charge is -2.26. The van der Waals surface area contributed by atoms with Gasteiger partial charge in [0, 0.05) is 6.54 Å². The second-order valence-corrected chi connectivity index (χ2v) is 4.07. The molecule has 92 valence electrons. The molecule has 1 heterocycles. The van der Waals surface area contributed by atoms with Gasteiger partial charge in [-0.2, -0.15) is 0 Å². The Balaban J connectivity index is 1.92. The Kier molecular flexibility index (Phi) is 3.98. The van der Waals surface area contributed by atoms with Crippen LogP contribution in [0.3, 0.4) is 0 Å². The third kappa shape index (κ3) is 3.20. The van der Waals surface area contributed by atoms with Crippen LogP contribution in [0.4, 0.5) is 0 Å². The van der Waals surface area contributed by atoms with Crippen LogP contribution in [0.25, 0.3) is 0 Å². The smallest absolute Gasteiger partial charge is 0.228 e. The minimum absolute atomic E-state index is 0.120. The number of carbonyl (C=O) groups excluding carboxylic acids is 1. The van der Waals surface area contributed by atoms with Gasteiger partial charge < -0.3 is 14.4 Å². The van der Waals surface area contributed by atoms with Gasteiger partial charge in [0.2, 0.25) is 5.91 Å². The number of carbonyl (C=O) groups is 1. The first-order chi connectivity index (χ1) is 8.29. The summed E-state index contributed by atoms with van der Waals surface area (Å²) in [4.78, 5) is 13.7. The van der Waals surface area contributed by atoms with Gasteiger partial charge in [0.1, 0.15) is 12.5 Å². The van der Waals surface area contributed by atoms with Gasteiger partial charge >= 0.3 is 0 Å². The van der Waals surface area contributed by atoms with E-state index in [1.807, 2.05) is 24.3 Å². The van der Waals surface area contributed by atoms with Gasteiger partial charge in [-0.25, -0.2) is 0 Å². The Morgan fingerprint density at radius 3 is 2.76 bits per heavy atom. The largest absolute Gasteiger partial charge is 0.497 e. The third-order valence-electron chi connectivity index (χ3n) is 2.83. The van der Waals surface area contributed by atoms with Gasteiger partial charge in [-0.15, -0.1) is 0 Å². The molecule has 0 atom stereocenters. The number of ether oxygens (including phenoxy) is 2. The predicted molar refractivity (Wildman–Crippen MR) is 63.8 cm³/mol. The summed E-state index contributed by atoms with van der Waals surface area (Å²) < 4.78 is 10.3. The van der Waals surface area contributed by atoms with Crippen LogP contribution >= 0.6 is 0 Å². The third-order valence-corrected chi connectivity index (χ3v) is 2.83. The van der Waals surface area contributed by atoms with Crippen molar-refractivity contribution >= 4 is 5.91 Å². The van der Waals surface area contributed by atoms with Crippen molar-refractivity contribution in [2.75, 3.05) is 27.0 Å². The average Bonchev–Trinajstić information content (AvgIpc) is 2.40. The molecule has 0 radical (unpaired) electrons. The van der Waals surface area contributed by atoms with Crippen molar-refractivity contribution in [1.82, 2.24) is 4.90 Å². The van der Waals surface area contributed by atoms with E-state index < -0.39 is 0 Å². The van der Waals surface area contributed by atoms with Crippen molar-refractivity contribution < 1.29 is 14.3 Å². The molecular weight excluding hydrogens is 218 g/mol. The van der Waals surface area contributed by atoms with E-state index in [1.165, 1.54) is 0 Å². The van der Waals surface area contributed by atoms with E-state index >= 15 is 0 Å². The molecule has 0 spiro atoms. The number of nitrogens with zero attached hydrogens (tertiary/aromatic N) is 1. The monoisotopic (exact) mass is 235 g/mol.